The van der Waals surface area contributed by atoms with E-state index in [1.807, 2.05) is 5.51 Å². The minimum atomic E-state index is 0.436. The molecule has 14 heavy (non-hydrogen) atoms. The van der Waals surface area contributed by atoms with Gasteiger partial charge >= 0.3 is 0 Å². The van der Waals surface area contributed by atoms with Gasteiger partial charge in [-0.15, -0.1) is 11.3 Å². The fraction of sp³-hybridized carbons (Fsp3) is 0.727. The largest absolute Gasteiger partial charge is 0.306 e. The van der Waals surface area contributed by atoms with Crippen molar-refractivity contribution in [2.75, 3.05) is 0 Å². The normalized spacial score (nSPS) is 36.8. The van der Waals surface area contributed by atoms with Crippen molar-refractivity contribution >= 4 is 11.3 Å². The van der Waals surface area contributed by atoms with Crippen molar-refractivity contribution in [1.29, 1.82) is 0 Å². The second-order valence-electron chi connectivity index (χ2n) is 4.65. The Labute approximate surface area is 88.7 Å². The molecule has 0 bridgehead atoms. The standard InChI is InChI=1S/C11H16N2S/c1-7(11-5-14-6-12-11)13-10-3-2-8-4-9(8)10/h5-10,13H,2-4H2,1H3/t7?,8-,9+,10?/m1/s1. The molecular weight excluding hydrogens is 192 g/mol. The number of hydrogen-bond donors (Lipinski definition) is 1. The fourth-order valence-corrected chi connectivity index (χ4v) is 3.40. The SMILES string of the molecule is CC(NC1CC[C@@H]2C[C@H]12)c1cscn1. The monoisotopic (exact) mass is 208 g/mol. The maximum absolute atomic E-state index is 4.35. The van der Waals surface area contributed by atoms with Crippen LogP contribution in [0.2, 0.25) is 0 Å². The molecule has 2 aliphatic carbocycles. The molecule has 2 saturated carbocycles. The van der Waals surface area contributed by atoms with Gasteiger partial charge in [-0.25, -0.2) is 4.98 Å². The summed E-state index contributed by atoms with van der Waals surface area (Å²) in [6.07, 6.45) is 4.30. The van der Waals surface area contributed by atoms with Crippen molar-refractivity contribution in [2.24, 2.45) is 11.8 Å². The van der Waals surface area contributed by atoms with Gasteiger partial charge in [0.1, 0.15) is 0 Å². The first-order chi connectivity index (χ1) is 6.84. The maximum atomic E-state index is 4.35. The van der Waals surface area contributed by atoms with E-state index in [9.17, 15) is 0 Å². The predicted molar refractivity (Wildman–Crippen MR) is 58.3 cm³/mol. The van der Waals surface area contributed by atoms with Crippen molar-refractivity contribution in [3.05, 3.63) is 16.6 Å². The molecule has 0 aliphatic heterocycles. The number of nitrogens with zero attached hydrogens (tertiary/aromatic N) is 1. The van der Waals surface area contributed by atoms with Crippen molar-refractivity contribution in [3.63, 3.8) is 0 Å². The highest BCUT2D eigenvalue weighted by atomic mass is 32.1. The van der Waals surface area contributed by atoms with Gasteiger partial charge in [-0.2, -0.15) is 0 Å². The van der Waals surface area contributed by atoms with Gasteiger partial charge in [0, 0.05) is 17.5 Å². The van der Waals surface area contributed by atoms with Gasteiger partial charge < -0.3 is 5.32 Å². The molecule has 1 aromatic rings. The van der Waals surface area contributed by atoms with Gasteiger partial charge in [-0.3, -0.25) is 0 Å². The van der Waals surface area contributed by atoms with E-state index >= 15 is 0 Å². The van der Waals surface area contributed by atoms with E-state index in [1.54, 1.807) is 11.3 Å². The van der Waals surface area contributed by atoms with Crippen LogP contribution in [0.5, 0.6) is 0 Å². The first-order valence-electron chi connectivity index (χ1n) is 5.48. The second-order valence-corrected chi connectivity index (χ2v) is 5.36. The molecule has 3 rings (SSSR count). The van der Waals surface area contributed by atoms with Gasteiger partial charge in [-0.05, 0) is 38.0 Å². The lowest BCUT2D eigenvalue weighted by Crippen LogP contribution is -2.31. The van der Waals surface area contributed by atoms with Crippen LogP contribution in [0.3, 0.4) is 0 Å². The third-order valence-electron chi connectivity index (χ3n) is 3.70. The zero-order chi connectivity index (χ0) is 9.54. The molecule has 0 amide bonds. The lowest BCUT2D eigenvalue weighted by atomic mass is 10.1. The van der Waals surface area contributed by atoms with Crippen molar-refractivity contribution in [3.8, 4) is 0 Å². The highest BCUT2D eigenvalue weighted by Gasteiger charge is 2.48. The van der Waals surface area contributed by atoms with Crippen molar-refractivity contribution in [1.82, 2.24) is 10.3 Å². The average Bonchev–Trinajstić information content (AvgIpc) is 2.66. The number of aromatic nitrogens is 1. The second kappa shape index (κ2) is 3.31. The van der Waals surface area contributed by atoms with Crippen molar-refractivity contribution in [2.45, 2.75) is 38.3 Å². The molecule has 0 radical (unpaired) electrons. The molecule has 4 atom stereocenters. The van der Waals surface area contributed by atoms with Crippen LogP contribution in [0.15, 0.2) is 10.9 Å². The van der Waals surface area contributed by atoms with Crippen LogP contribution >= 0.6 is 11.3 Å². The smallest absolute Gasteiger partial charge is 0.0795 e. The summed E-state index contributed by atoms with van der Waals surface area (Å²) in [6, 6.07) is 1.21. The molecule has 1 N–H and O–H groups in total. The molecule has 76 valence electrons. The molecule has 2 nitrogen and oxygen atoms in total. The number of nitrogens with one attached hydrogen (secondary N) is 1. The summed E-state index contributed by atoms with van der Waals surface area (Å²) in [7, 11) is 0. The Morgan fingerprint density at radius 2 is 2.50 bits per heavy atom. The zero-order valence-corrected chi connectivity index (χ0v) is 9.26. The Bertz CT molecular complexity index is 309. The zero-order valence-electron chi connectivity index (χ0n) is 8.44. The van der Waals surface area contributed by atoms with Gasteiger partial charge in [0.2, 0.25) is 0 Å². The summed E-state index contributed by atoms with van der Waals surface area (Å²) >= 11 is 1.69. The summed E-state index contributed by atoms with van der Waals surface area (Å²) in [5.74, 6) is 2.06. The van der Waals surface area contributed by atoms with E-state index in [4.69, 9.17) is 0 Å². The summed E-state index contributed by atoms with van der Waals surface area (Å²) in [6.45, 7) is 2.23. The molecule has 0 spiro atoms. The molecule has 2 aliphatic rings. The number of fused-ring (bicyclic) bond motifs is 1. The number of rotatable bonds is 3. The minimum absolute atomic E-state index is 0.436. The van der Waals surface area contributed by atoms with Crippen LogP contribution in [-0.2, 0) is 0 Å². The summed E-state index contributed by atoms with van der Waals surface area (Å²) in [4.78, 5) is 4.35. The molecular formula is C11H16N2S. The number of thiazole rings is 1. The lowest BCUT2D eigenvalue weighted by molar-refractivity contribution is 0.420. The molecule has 0 saturated heterocycles. The van der Waals surface area contributed by atoms with E-state index in [0.29, 0.717) is 6.04 Å². The predicted octanol–water partition coefficient (Wildman–Crippen LogP) is 2.59. The van der Waals surface area contributed by atoms with E-state index in [1.165, 1.54) is 25.0 Å². The quantitative estimate of drug-likeness (QED) is 0.826. The van der Waals surface area contributed by atoms with E-state index < -0.39 is 0 Å². The average molecular weight is 208 g/mol. The Balaban J connectivity index is 1.61. The maximum Gasteiger partial charge on any atom is 0.0795 e. The Morgan fingerprint density at radius 1 is 1.57 bits per heavy atom. The minimum Gasteiger partial charge on any atom is -0.306 e. The van der Waals surface area contributed by atoms with E-state index in [0.717, 1.165) is 17.9 Å². The van der Waals surface area contributed by atoms with Crippen LogP contribution in [0, 0.1) is 11.8 Å². The molecule has 2 fully saturated rings. The topological polar surface area (TPSA) is 24.9 Å². The molecule has 1 aromatic heterocycles. The lowest BCUT2D eigenvalue weighted by Gasteiger charge is -2.19. The Kier molecular flexibility index (Phi) is 2.10. The van der Waals surface area contributed by atoms with Gasteiger partial charge in [0.05, 0.1) is 11.2 Å². The fourth-order valence-electron chi connectivity index (χ4n) is 2.75. The van der Waals surface area contributed by atoms with Gasteiger partial charge in [0.15, 0.2) is 0 Å². The van der Waals surface area contributed by atoms with Gasteiger partial charge in [0.25, 0.3) is 0 Å². The number of hydrogen-bond acceptors (Lipinski definition) is 3. The Morgan fingerprint density at radius 3 is 3.07 bits per heavy atom. The van der Waals surface area contributed by atoms with E-state index in [2.05, 4.69) is 22.6 Å². The third kappa shape index (κ3) is 1.48. The first-order valence-corrected chi connectivity index (χ1v) is 6.43. The van der Waals surface area contributed by atoms with E-state index in [-0.39, 0.29) is 0 Å². The van der Waals surface area contributed by atoms with Crippen LogP contribution in [0.1, 0.15) is 37.9 Å². The van der Waals surface area contributed by atoms with Crippen LogP contribution < -0.4 is 5.32 Å². The van der Waals surface area contributed by atoms with Crippen molar-refractivity contribution < 1.29 is 0 Å². The molecule has 1 heterocycles. The third-order valence-corrected chi connectivity index (χ3v) is 4.31. The summed E-state index contributed by atoms with van der Waals surface area (Å²) < 4.78 is 0. The summed E-state index contributed by atoms with van der Waals surface area (Å²) in [5, 5.41) is 5.87. The molecule has 2 unspecified atom stereocenters. The highest BCUT2D eigenvalue weighted by Crippen LogP contribution is 2.52. The van der Waals surface area contributed by atoms with Crippen LogP contribution in [0.25, 0.3) is 0 Å². The van der Waals surface area contributed by atoms with Gasteiger partial charge in [-0.1, -0.05) is 0 Å². The van der Waals surface area contributed by atoms with Crippen LogP contribution in [0.4, 0.5) is 0 Å². The molecule has 3 heteroatoms. The summed E-state index contributed by atoms with van der Waals surface area (Å²) in [5.41, 5.74) is 3.13. The highest BCUT2D eigenvalue weighted by molar-refractivity contribution is 7.07. The Hall–Kier alpha value is -0.410. The molecule has 0 aromatic carbocycles. The first kappa shape index (κ1) is 8.86. The van der Waals surface area contributed by atoms with Crippen LogP contribution in [-0.4, -0.2) is 11.0 Å².